The van der Waals surface area contributed by atoms with Gasteiger partial charge in [0.2, 0.25) is 0 Å². The van der Waals surface area contributed by atoms with Gasteiger partial charge in [-0.05, 0) is 31.2 Å². The second-order valence-electron chi connectivity index (χ2n) is 3.73. The van der Waals surface area contributed by atoms with Gasteiger partial charge >= 0.3 is 0 Å². The van der Waals surface area contributed by atoms with Crippen LogP contribution in [0.1, 0.15) is 12.8 Å². The van der Waals surface area contributed by atoms with Gasteiger partial charge in [-0.1, -0.05) is 12.1 Å². The number of ether oxygens (including phenoxy) is 1. The van der Waals surface area contributed by atoms with Gasteiger partial charge in [0.15, 0.2) is 0 Å². The maximum atomic E-state index is 5.35. The smallest absolute Gasteiger partial charge is 0.0485 e. The van der Waals surface area contributed by atoms with E-state index in [2.05, 4.69) is 35.8 Å². The highest BCUT2D eigenvalue weighted by molar-refractivity contribution is 7.98. The number of hydrogen-bond acceptors (Lipinski definition) is 3. The molecule has 0 atom stereocenters. The molecule has 0 amide bonds. The molecule has 0 spiro atoms. The van der Waals surface area contributed by atoms with Gasteiger partial charge in [-0.2, -0.15) is 0 Å². The second kappa shape index (κ2) is 5.42. The first-order valence-electron chi connectivity index (χ1n) is 5.37. The molecule has 82 valence electrons. The Morgan fingerprint density at radius 1 is 1.27 bits per heavy atom. The summed E-state index contributed by atoms with van der Waals surface area (Å²) < 4.78 is 5.35. The lowest BCUT2D eigenvalue weighted by molar-refractivity contribution is 0.0904. The molecule has 1 aliphatic heterocycles. The highest BCUT2D eigenvalue weighted by Crippen LogP contribution is 2.26. The van der Waals surface area contributed by atoms with Crippen LogP contribution < -0.4 is 5.32 Å². The molecule has 1 heterocycles. The van der Waals surface area contributed by atoms with E-state index in [9.17, 15) is 0 Å². The normalized spacial score (nSPS) is 17.7. The van der Waals surface area contributed by atoms with Crippen molar-refractivity contribution < 1.29 is 4.74 Å². The summed E-state index contributed by atoms with van der Waals surface area (Å²) in [4.78, 5) is 1.32. The zero-order chi connectivity index (χ0) is 10.5. The van der Waals surface area contributed by atoms with E-state index < -0.39 is 0 Å². The molecule has 0 aromatic heterocycles. The maximum absolute atomic E-state index is 5.35. The fourth-order valence-electron chi connectivity index (χ4n) is 1.83. The van der Waals surface area contributed by atoms with Crippen molar-refractivity contribution in [3.8, 4) is 0 Å². The van der Waals surface area contributed by atoms with Crippen molar-refractivity contribution in [2.45, 2.75) is 23.8 Å². The van der Waals surface area contributed by atoms with Crippen molar-refractivity contribution in [2.24, 2.45) is 0 Å². The molecule has 0 saturated carbocycles. The SMILES string of the molecule is CSc1ccccc1NC1CCOCC1. The van der Waals surface area contributed by atoms with Crippen LogP contribution in [0.15, 0.2) is 29.2 Å². The van der Waals surface area contributed by atoms with Crippen molar-refractivity contribution >= 4 is 17.4 Å². The Balaban J connectivity index is 2.02. The molecule has 2 nitrogen and oxygen atoms in total. The lowest BCUT2D eigenvalue weighted by Crippen LogP contribution is -2.27. The van der Waals surface area contributed by atoms with Gasteiger partial charge in [-0.3, -0.25) is 0 Å². The fraction of sp³-hybridized carbons (Fsp3) is 0.500. The number of thioether (sulfide) groups is 1. The van der Waals surface area contributed by atoms with Gasteiger partial charge in [0, 0.05) is 29.8 Å². The topological polar surface area (TPSA) is 21.3 Å². The molecular formula is C12H17NOS. The lowest BCUT2D eigenvalue weighted by atomic mass is 10.1. The van der Waals surface area contributed by atoms with E-state index >= 15 is 0 Å². The first-order valence-corrected chi connectivity index (χ1v) is 6.60. The van der Waals surface area contributed by atoms with Gasteiger partial charge < -0.3 is 10.1 Å². The van der Waals surface area contributed by atoms with E-state index in [1.165, 1.54) is 10.6 Å². The van der Waals surface area contributed by atoms with Crippen molar-refractivity contribution in [3.05, 3.63) is 24.3 Å². The van der Waals surface area contributed by atoms with Crippen LogP contribution >= 0.6 is 11.8 Å². The Morgan fingerprint density at radius 2 is 2.00 bits per heavy atom. The Bertz CT molecular complexity index is 310. The summed E-state index contributed by atoms with van der Waals surface area (Å²) in [6.07, 6.45) is 4.34. The molecule has 0 radical (unpaired) electrons. The van der Waals surface area contributed by atoms with Crippen molar-refractivity contribution in [1.82, 2.24) is 0 Å². The van der Waals surface area contributed by atoms with Gasteiger partial charge in [-0.25, -0.2) is 0 Å². The first-order chi connectivity index (χ1) is 7.40. The summed E-state index contributed by atoms with van der Waals surface area (Å²) in [6.45, 7) is 1.78. The van der Waals surface area contributed by atoms with Crippen molar-refractivity contribution in [2.75, 3.05) is 24.8 Å². The Hall–Kier alpha value is -0.670. The molecule has 15 heavy (non-hydrogen) atoms. The molecule has 3 heteroatoms. The van der Waals surface area contributed by atoms with E-state index in [0.29, 0.717) is 6.04 Å². The van der Waals surface area contributed by atoms with Crippen LogP contribution in [0.25, 0.3) is 0 Å². The van der Waals surface area contributed by atoms with Crippen LogP contribution in [0.4, 0.5) is 5.69 Å². The molecule has 1 aromatic carbocycles. The molecule has 0 unspecified atom stereocenters. The molecule has 1 N–H and O–H groups in total. The predicted octanol–water partition coefficient (Wildman–Crippen LogP) is 3.00. The minimum atomic E-state index is 0.576. The Morgan fingerprint density at radius 3 is 2.73 bits per heavy atom. The van der Waals surface area contributed by atoms with E-state index in [0.717, 1.165) is 26.1 Å². The van der Waals surface area contributed by atoms with Crippen molar-refractivity contribution in [3.63, 3.8) is 0 Å². The largest absolute Gasteiger partial charge is 0.381 e. The third-order valence-corrected chi connectivity index (χ3v) is 3.48. The number of benzene rings is 1. The molecule has 1 fully saturated rings. The third kappa shape index (κ3) is 2.89. The minimum Gasteiger partial charge on any atom is -0.381 e. The van der Waals surface area contributed by atoms with Crippen LogP contribution in [0.2, 0.25) is 0 Å². The van der Waals surface area contributed by atoms with Crippen LogP contribution in [-0.4, -0.2) is 25.5 Å². The summed E-state index contributed by atoms with van der Waals surface area (Å²) in [5.41, 5.74) is 1.26. The average molecular weight is 223 g/mol. The minimum absolute atomic E-state index is 0.576. The highest BCUT2D eigenvalue weighted by Gasteiger charge is 2.14. The summed E-state index contributed by atoms with van der Waals surface area (Å²) in [6, 6.07) is 9.06. The zero-order valence-electron chi connectivity index (χ0n) is 9.03. The second-order valence-corrected chi connectivity index (χ2v) is 4.58. The standard InChI is InChI=1S/C12H17NOS/c1-15-12-5-3-2-4-11(12)13-10-6-8-14-9-7-10/h2-5,10,13H,6-9H2,1H3. The summed E-state index contributed by atoms with van der Waals surface area (Å²) in [5, 5.41) is 3.60. The van der Waals surface area contributed by atoms with Gasteiger partial charge in [0.1, 0.15) is 0 Å². The fourth-order valence-corrected chi connectivity index (χ4v) is 2.39. The number of nitrogens with one attached hydrogen (secondary N) is 1. The van der Waals surface area contributed by atoms with Crippen LogP contribution in [0, 0.1) is 0 Å². The van der Waals surface area contributed by atoms with Gasteiger partial charge in [0.05, 0.1) is 0 Å². The first kappa shape index (κ1) is 10.8. The highest BCUT2D eigenvalue weighted by atomic mass is 32.2. The van der Waals surface area contributed by atoms with E-state index in [-0.39, 0.29) is 0 Å². The third-order valence-electron chi connectivity index (χ3n) is 2.69. The Kier molecular flexibility index (Phi) is 3.92. The van der Waals surface area contributed by atoms with Gasteiger partial charge in [-0.15, -0.1) is 11.8 Å². The van der Waals surface area contributed by atoms with E-state index in [1.807, 2.05) is 0 Å². The van der Waals surface area contributed by atoms with Gasteiger partial charge in [0.25, 0.3) is 0 Å². The molecule has 1 aromatic rings. The van der Waals surface area contributed by atoms with Crippen LogP contribution in [-0.2, 0) is 4.74 Å². The maximum Gasteiger partial charge on any atom is 0.0485 e. The molecular weight excluding hydrogens is 206 g/mol. The molecule has 2 rings (SSSR count). The summed E-state index contributed by atoms with van der Waals surface area (Å²) in [5.74, 6) is 0. The van der Waals surface area contributed by atoms with Crippen molar-refractivity contribution in [1.29, 1.82) is 0 Å². The number of hydrogen-bond donors (Lipinski definition) is 1. The predicted molar refractivity (Wildman–Crippen MR) is 65.7 cm³/mol. The van der Waals surface area contributed by atoms with Crippen LogP contribution in [0.3, 0.4) is 0 Å². The van der Waals surface area contributed by atoms with E-state index in [4.69, 9.17) is 4.74 Å². The summed E-state index contributed by atoms with van der Waals surface area (Å²) in [7, 11) is 0. The monoisotopic (exact) mass is 223 g/mol. The van der Waals surface area contributed by atoms with Crippen LogP contribution in [0.5, 0.6) is 0 Å². The number of anilines is 1. The lowest BCUT2D eigenvalue weighted by Gasteiger charge is -2.25. The summed E-state index contributed by atoms with van der Waals surface area (Å²) >= 11 is 1.79. The Labute approximate surface area is 95.4 Å². The molecule has 1 saturated heterocycles. The molecule has 0 aliphatic carbocycles. The number of para-hydroxylation sites is 1. The zero-order valence-corrected chi connectivity index (χ0v) is 9.85. The number of rotatable bonds is 3. The average Bonchev–Trinajstić information content (AvgIpc) is 2.31. The molecule has 1 aliphatic rings. The quantitative estimate of drug-likeness (QED) is 0.796. The molecule has 0 bridgehead atoms. The van der Waals surface area contributed by atoms with E-state index in [1.54, 1.807) is 11.8 Å².